The molecule has 1 nitrogen and oxygen atoms in total. The van der Waals surface area contributed by atoms with Crippen molar-refractivity contribution in [3.8, 4) is 0 Å². The summed E-state index contributed by atoms with van der Waals surface area (Å²) in [5.41, 5.74) is 1.75. The van der Waals surface area contributed by atoms with E-state index in [1.165, 1.54) is 24.8 Å². The molecule has 1 aromatic carbocycles. The van der Waals surface area contributed by atoms with Crippen molar-refractivity contribution in [1.82, 2.24) is 5.32 Å². The van der Waals surface area contributed by atoms with Crippen LogP contribution in [-0.2, 0) is 5.41 Å². The van der Waals surface area contributed by atoms with E-state index < -0.39 is 0 Å². The molecule has 1 heteroatoms. The zero-order chi connectivity index (χ0) is 10.7. The first-order chi connectivity index (χ1) is 7.24. The molecule has 1 aliphatic carbocycles. The quantitative estimate of drug-likeness (QED) is 0.775. The number of rotatable bonds is 5. The summed E-state index contributed by atoms with van der Waals surface area (Å²) < 4.78 is 0. The first-order valence-corrected chi connectivity index (χ1v) is 6.03. The van der Waals surface area contributed by atoms with E-state index in [2.05, 4.69) is 49.5 Å². The minimum absolute atomic E-state index is 0.295. The predicted molar refractivity (Wildman–Crippen MR) is 65.1 cm³/mol. The Labute approximate surface area is 92.9 Å². The Morgan fingerprint density at radius 1 is 1.27 bits per heavy atom. The first kappa shape index (κ1) is 10.7. The van der Waals surface area contributed by atoms with Crippen molar-refractivity contribution in [3.05, 3.63) is 35.9 Å². The van der Waals surface area contributed by atoms with Crippen molar-refractivity contribution < 1.29 is 0 Å². The lowest BCUT2D eigenvalue weighted by Gasteiger charge is -2.29. The lowest BCUT2D eigenvalue weighted by molar-refractivity contribution is 0.415. The maximum Gasteiger partial charge on any atom is 0.00685 e. The highest BCUT2D eigenvalue weighted by Crippen LogP contribution is 2.28. The molecule has 1 unspecified atom stereocenters. The van der Waals surface area contributed by atoms with E-state index >= 15 is 0 Å². The van der Waals surface area contributed by atoms with Gasteiger partial charge in [0.1, 0.15) is 0 Å². The monoisotopic (exact) mass is 203 g/mol. The molecule has 1 aromatic rings. The molecule has 0 saturated heterocycles. The molecule has 0 aromatic heterocycles. The number of benzene rings is 1. The second-order valence-corrected chi connectivity index (χ2v) is 4.94. The van der Waals surface area contributed by atoms with E-state index in [9.17, 15) is 0 Å². The van der Waals surface area contributed by atoms with Gasteiger partial charge in [-0.1, -0.05) is 44.2 Å². The molecule has 0 radical (unpaired) electrons. The Balaban J connectivity index is 2.05. The topological polar surface area (TPSA) is 12.0 Å². The molecule has 0 aliphatic heterocycles. The summed E-state index contributed by atoms with van der Waals surface area (Å²) in [6, 6.07) is 11.7. The maximum atomic E-state index is 3.65. The molecule has 82 valence electrons. The molecular weight excluding hydrogens is 182 g/mol. The van der Waals surface area contributed by atoms with E-state index in [4.69, 9.17) is 0 Å². The largest absolute Gasteiger partial charge is 0.313 e. The fourth-order valence-corrected chi connectivity index (χ4v) is 1.93. The lowest BCUT2D eigenvalue weighted by atomic mass is 9.80. The van der Waals surface area contributed by atoms with Crippen molar-refractivity contribution >= 4 is 0 Å². The molecule has 1 saturated carbocycles. The summed E-state index contributed by atoms with van der Waals surface area (Å²) in [6.45, 7) is 5.75. The van der Waals surface area contributed by atoms with E-state index in [0.29, 0.717) is 5.41 Å². The van der Waals surface area contributed by atoms with Gasteiger partial charge >= 0.3 is 0 Å². The van der Waals surface area contributed by atoms with Gasteiger partial charge in [0.05, 0.1) is 0 Å². The van der Waals surface area contributed by atoms with Crippen LogP contribution in [0.5, 0.6) is 0 Å². The fourth-order valence-electron chi connectivity index (χ4n) is 1.93. The third kappa shape index (κ3) is 2.60. The Morgan fingerprint density at radius 2 is 1.93 bits per heavy atom. The van der Waals surface area contributed by atoms with Crippen LogP contribution in [0.2, 0.25) is 0 Å². The van der Waals surface area contributed by atoms with Gasteiger partial charge in [-0.25, -0.2) is 0 Å². The zero-order valence-electron chi connectivity index (χ0n) is 9.79. The molecule has 1 N–H and O–H groups in total. The average Bonchev–Trinajstić information content (AvgIpc) is 3.11. The van der Waals surface area contributed by atoms with Crippen LogP contribution in [0.3, 0.4) is 0 Å². The summed E-state index contributed by atoms with van der Waals surface area (Å²) >= 11 is 0. The Kier molecular flexibility index (Phi) is 3.11. The molecule has 0 amide bonds. The van der Waals surface area contributed by atoms with Crippen LogP contribution in [-0.4, -0.2) is 12.6 Å². The maximum absolute atomic E-state index is 3.65. The van der Waals surface area contributed by atoms with Crippen LogP contribution < -0.4 is 5.32 Å². The van der Waals surface area contributed by atoms with Crippen molar-refractivity contribution in [3.63, 3.8) is 0 Å². The second kappa shape index (κ2) is 4.36. The van der Waals surface area contributed by atoms with Gasteiger partial charge in [-0.05, 0) is 24.8 Å². The molecule has 15 heavy (non-hydrogen) atoms. The summed E-state index contributed by atoms with van der Waals surface area (Å²) in [5, 5.41) is 3.65. The summed E-state index contributed by atoms with van der Waals surface area (Å²) in [6.07, 6.45) is 3.93. The van der Waals surface area contributed by atoms with Crippen LogP contribution in [0, 0.1) is 0 Å². The SMILES string of the molecule is CCC(C)(CNC1CC1)c1ccccc1. The van der Waals surface area contributed by atoms with Gasteiger partial charge in [-0.2, -0.15) is 0 Å². The van der Waals surface area contributed by atoms with E-state index in [0.717, 1.165) is 12.6 Å². The molecule has 1 aliphatic rings. The van der Waals surface area contributed by atoms with Crippen LogP contribution in [0.25, 0.3) is 0 Å². The third-order valence-electron chi connectivity index (χ3n) is 3.61. The lowest BCUT2D eigenvalue weighted by Crippen LogP contribution is -2.36. The standard InChI is InChI=1S/C14H21N/c1-3-14(2,11-15-13-9-10-13)12-7-5-4-6-8-12/h4-8,13,15H,3,9-11H2,1-2H3. The first-order valence-electron chi connectivity index (χ1n) is 6.03. The van der Waals surface area contributed by atoms with E-state index in [1.54, 1.807) is 0 Å². The van der Waals surface area contributed by atoms with Crippen LogP contribution in [0.15, 0.2) is 30.3 Å². The highest BCUT2D eigenvalue weighted by atomic mass is 15.0. The van der Waals surface area contributed by atoms with Gasteiger partial charge in [-0.15, -0.1) is 0 Å². The number of nitrogens with one attached hydrogen (secondary N) is 1. The molecular formula is C14H21N. The minimum atomic E-state index is 0.295. The van der Waals surface area contributed by atoms with Crippen molar-refractivity contribution in [2.24, 2.45) is 0 Å². The smallest absolute Gasteiger partial charge is 0.00685 e. The molecule has 2 rings (SSSR count). The zero-order valence-corrected chi connectivity index (χ0v) is 9.79. The normalized spacial score (nSPS) is 19.9. The highest BCUT2D eigenvalue weighted by molar-refractivity contribution is 5.24. The third-order valence-corrected chi connectivity index (χ3v) is 3.61. The fraction of sp³-hybridized carbons (Fsp3) is 0.571. The Bertz CT molecular complexity index is 302. The van der Waals surface area contributed by atoms with E-state index in [-0.39, 0.29) is 0 Å². The van der Waals surface area contributed by atoms with Gasteiger partial charge in [0.15, 0.2) is 0 Å². The molecule has 0 bridgehead atoms. The van der Waals surface area contributed by atoms with Gasteiger partial charge in [0, 0.05) is 18.0 Å². The minimum Gasteiger partial charge on any atom is -0.313 e. The molecule has 0 heterocycles. The van der Waals surface area contributed by atoms with Crippen LogP contribution >= 0.6 is 0 Å². The summed E-state index contributed by atoms with van der Waals surface area (Å²) in [5.74, 6) is 0. The average molecular weight is 203 g/mol. The molecule has 1 atom stereocenters. The van der Waals surface area contributed by atoms with Gasteiger partial charge in [-0.3, -0.25) is 0 Å². The molecule has 0 spiro atoms. The van der Waals surface area contributed by atoms with Gasteiger partial charge < -0.3 is 5.32 Å². The Morgan fingerprint density at radius 3 is 2.47 bits per heavy atom. The van der Waals surface area contributed by atoms with E-state index in [1.807, 2.05) is 0 Å². The number of hydrogen-bond donors (Lipinski definition) is 1. The van der Waals surface area contributed by atoms with Gasteiger partial charge in [0.2, 0.25) is 0 Å². The van der Waals surface area contributed by atoms with Crippen molar-refractivity contribution in [1.29, 1.82) is 0 Å². The predicted octanol–water partition coefficient (Wildman–Crippen LogP) is 3.11. The number of hydrogen-bond acceptors (Lipinski definition) is 1. The van der Waals surface area contributed by atoms with Crippen molar-refractivity contribution in [2.45, 2.75) is 44.6 Å². The Hall–Kier alpha value is -0.820. The summed E-state index contributed by atoms with van der Waals surface area (Å²) in [4.78, 5) is 0. The highest BCUT2D eigenvalue weighted by Gasteiger charge is 2.28. The van der Waals surface area contributed by atoms with Crippen molar-refractivity contribution in [2.75, 3.05) is 6.54 Å². The van der Waals surface area contributed by atoms with Crippen LogP contribution in [0.1, 0.15) is 38.7 Å². The second-order valence-electron chi connectivity index (χ2n) is 4.94. The molecule has 1 fully saturated rings. The van der Waals surface area contributed by atoms with Gasteiger partial charge in [0.25, 0.3) is 0 Å². The van der Waals surface area contributed by atoms with Crippen LogP contribution in [0.4, 0.5) is 0 Å². The summed E-state index contributed by atoms with van der Waals surface area (Å²) in [7, 11) is 0.